The van der Waals surface area contributed by atoms with Crippen molar-refractivity contribution in [3.8, 4) is 0 Å². The van der Waals surface area contributed by atoms with E-state index in [-0.39, 0.29) is 5.41 Å². The Balaban J connectivity index is 1.48. The predicted octanol–water partition coefficient (Wildman–Crippen LogP) is 2.01. The van der Waals surface area contributed by atoms with E-state index >= 15 is 0 Å². The molecule has 2 saturated heterocycles. The summed E-state index contributed by atoms with van der Waals surface area (Å²) in [6.07, 6.45) is 5.89. The zero-order valence-electron chi connectivity index (χ0n) is 11.9. The van der Waals surface area contributed by atoms with Crippen LogP contribution in [-0.2, 0) is 18.9 Å². The molecule has 0 bridgehead atoms. The van der Waals surface area contributed by atoms with E-state index in [2.05, 4.69) is 6.92 Å². The Bertz CT molecular complexity index is 268. The molecule has 0 radical (unpaired) electrons. The second-order valence-corrected chi connectivity index (χ2v) is 6.45. The van der Waals surface area contributed by atoms with Crippen molar-refractivity contribution in [1.82, 2.24) is 0 Å². The van der Waals surface area contributed by atoms with Gasteiger partial charge in [0.25, 0.3) is 0 Å². The quantitative estimate of drug-likeness (QED) is 0.633. The summed E-state index contributed by atoms with van der Waals surface area (Å²) in [6.45, 7) is 7.24. The van der Waals surface area contributed by atoms with Gasteiger partial charge < -0.3 is 18.9 Å². The second kappa shape index (κ2) is 6.08. The third-order valence-corrected chi connectivity index (χ3v) is 4.80. The van der Waals surface area contributed by atoms with E-state index in [0.29, 0.717) is 18.1 Å². The normalized spacial score (nSPS) is 41.2. The Morgan fingerprint density at radius 1 is 1.00 bits per heavy atom. The first-order valence-electron chi connectivity index (χ1n) is 7.67. The maximum absolute atomic E-state index is 5.91. The summed E-state index contributed by atoms with van der Waals surface area (Å²) in [6, 6.07) is 0. The number of hydrogen-bond donors (Lipinski definition) is 0. The first-order chi connectivity index (χ1) is 9.28. The molecule has 0 amide bonds. The Morgan fingerprint density at radius 2 is 1.58 bits per heavy atom. The van der Waals surface area contributed by atoms with Gasteiger partial charge in [-0.1, -0.05) is 26.2 Å². The van der Waals surface area contributed by atoms with Gasteiger partial charge in [-0.3, -0.25) is 0 Å². The highest BCUT2D eigenvalue weighted by Crippen LogP contribution is 2.42. The number of epoxide rings is 2. The molecule has 1 aliphatic carbocycles. The fraction of sp³-hybridized carbons (Fsp3) is 1.00. The van der Waals surface area contributed by atoms with Crippen LogP contribution < -0.4 is 0 Å². The first-order valence-corrected chi connectivity index (χ1v) is 7.67. The molecule has 0 N–H and O–H groups in total. The zero-order valence-corrected chi connectivity index (χ0v) is 11.9. The van der Waals surface area contributed by atoms with E-state index in [1.54, 1.807) is 0 Å². The van der Waals surface area contributed by atoms with Crippen LogP contribution in [0.3, 0.4) is 0 Å². The molecule has 3 atom stereocenters. The van der Waals surface area contributed by atoms with Gasteiger partial charge in [-0.2, -0.15) is 0 Å². The van der Waals surface area contributed by atoms with E-state index in [4.69, 9.17) is 18.9 Å². The topological polar surface area (TPSA) is 43.5 Å². The summed E-state index contributed by atoms with van der Waals surface area (Å²) >= 11 is 0. The fourth-order valence-corrected chi connectivity index (χ4v) is 3.07. The minimum absolute atomic E-state index is 0.210. The summed E-state index contributed by atoms with van der Waals surface area (Å²) < 4.78 is 22.2. The van der Waals surface area contributed by atoms with Gasteiger partial charge in [-0.15, -0.1) is 0 Å². The predicted molar refractivity (Wildman–Crippen MR) is 71.2 cm³/mol. The molecule has 19 heavy (non-hydrogen) atoms. The Hall–Kier alpha value is -0.160. The SMILES string of the molecule is CC1CCCCC1(COCC1CO1)COCC1CO1. The van der Waals surface area contributed by atoms with Gasteiger partial charge >= 0.3 is 0 Å². The van der Waals surface area contributed by atoms with Crippen molar-refractivity contribution in [1.29, 1.82) is 0 Å². The minimum Gasteiger partial charge on any atom is -0.378 e. The van der Waals surface area contributed by atoms with Crippen LogP contribution in [0.1, 0.15) is 32.6 Å². The van der Waals surface area contributed by atoms with Crippen molar-refractivity contribution in [3.63, 3.8) is 0 Å². The third-order valence-electron chi connectivity index (χ3n) is 4.80. The summed E-state index contributed by atoms with van der Waals surface area (Å²) in [5, 5.41) is 0. The van der Waals surface area contributed by atoms with E-state index in [0.717, 1.165) is 39.6 Å². The van der Waals surface area contributed by atoms with Gasteiger partial charge in [0.05, 0.1) is 39.6 Å². The van der Waals surface area contributed by atoms with Crippen LogP contribution in [0.5, 0.6) is 0 Å². The molecular weight excluding hydrogens is 244 g/mol. The zero-order chi connectivity index (χ0) is 13.1. The molecule has 2 heterocycles. The highest BCUT2D eigenvalue weighted by Gasteiger charge is 2.40. The van der Waals surface area contributed by atoms with Gasteiger partial charge in [-0.25, -0.2) is 0 Å². The maximum Gasteiger partial charge on any atom is 0.104 e. The average molecular weight is 270 g/mol. The lowest BCUT2D eigenvalue weighted by atomic mass is 9.68. The largest absolute Gasteiger partial charge is 0.378 e. The Labute approximate surface area is 115 Å². The van der Waals surface area contributed by atoms with Crippen LogP contribution in [0.2, 0.25) is 0 Å². The van der Waals surface area contributed by atoms with Crippen molar-refractivity contribution in [2.24, 2.45) is 11.3 Å². The van der Waals surface area contributed by atoms with Crippen LogP contribution in [0.25, 0.3) is 0 Å². The fourth-order valence-electron chi connectivity index (χ4n) is 3.07. The van der Waals surface area contributed by atoms with Gasteiger partial charge in [0.1, 0.15) is 12.2 Å². The van der Waals surface area contributed by atoms with E-state index < -0.39 is 0 Å². The molecule has 0 aromatic rings. The maximum atomic E-state index is 5.91. The van der Waals surface area contributed by atoms with Crippen molar-refractivity contribution in [3.05, 3.63) is 0 Å². The van der Waals surface area contributed by atoms with Gasteiger partial charge in [-0.05, 0) is 12.3 Å². The lowest BCUT2D eigenvalue weighted by molar-refractivity contribution is -0.0739. The van der Waals surface area contributed by atoms with Crippen LogP contribution in [0.4, 0.5) is 0 Å². The average Bonchev–Trinajstić information content (AvgIpc) is 3.26. The van der Waals surface area contributed by atoms with E-state index in [1.165, 1.54) is 25.7 Å². The lowest BCUT2D eigenvalue weighted by Gasteiger charge is -2.42. The highest BCUT2D eigenvalue weighted by molar-refractivity contribution is 4.88. The molecular formula is C15H26O4. The smallest absolute Gasteiger partial charge is 0.104 e. The molecule has 4 nitrogen and oxygen atoms in total. The van der Waals surface area contributed by atoms with Crippen LogP contribution in [0, 0.1) is 11.3 Å². The first kappa shape index (κ1) is 13.8. The van der Waals surface area contributed by atoms with Gasteiger partial charge in [0, 0.05) is 5.41 Å². The summed E-state index contributed by atoms with van der Waals surface area (Å²) in [5.74, 6) is 0.682. The summed E-state index contributed by atoms with van der Waals surface area (Å²) in [7, 11) is 0. The summed E-state index contributed by atoms with van der Waals surface area (Å²) in [4.78, 5) is 0. The van der Waals surface area contributed by atoms with Crippen LogP contribution in [-0.4, -0.2) is 51.8 Å². The molecule has 1 saturated carbocycles. The molecule has 110 valence electrons. The molecule has 3 fully saturated rings. The monoisotopic (exact) mass is 270 g/mol. The summed E-state index contributed by atoms with van der Waals surface area (Å²) in [5.41, 5.74) is 0.210. The van der Waals surface area contributed by atoms with E-state index in [9.17, 15) is 0 Å². The number of ether oxygens (including phenoxy) is 4. The standard InChI is InChI=1S/C15H26O4/c1-12-4-2-3-5-15(12,10-16-6-13-8-18-13)11-17-7-14-9-19-14/h12-14H,2-11H2,1H3. The van der Waals surface area contributed by atoms with Crippen molar-refractivity contribution < 1.29 is 18.9 Å². The molecule has 0 spiro atoms. The molecule has 0 aromatic heterocycles. The molecule has 3 unspecified atom stereocenters. The molecule has 0 aromatic carbocycles. The third kappa shape index (κ3) is 3.91. The van der Waals surface area contributed by atoms with Crippen molar-refractivity contribution in [2.75, 3.05) is 39.6 Å². The Kier molecular flexibility index (Phi) is 4.42. The number of rotatable bonds is 8. The Morgan fingerprint density at radius 3 is 2.05 bits per heavy atom. The molecule has 3 rings (SSSR count). The molecule has 2 aliphatic heterocycles. The van der Waals surface area contributed by atoms with Gasteiger partial charge in [0.15, 0.2) is 0 Å². The van der Waals surface area contributed by atoms with Crippen molar-refractivity contribution >= 4 is 0 Å². The molecule has 4 heteroatoms. The lowest BCUT2D eigenvalue weighted by Crippen LogP contribution is -2.41. The van der Waals surface area contributed by atoms with Crippen molar-refractivity contribution in [2.45, 2.75) is 44.8 Å². The number of hydrogen-bond acceptors (Lipinski definition) is 4. The van der Waals surface area contributed by atoms with E-state index in [1.807, 2.05) is 0 Å². The van der Waals surface area contributed by atoms with Gasteiger partial charge in [0.2, 0.25) is 0 Å². The minimum atomic E-state index is 0.210. The van der Waals surface area contributed by atoms with Crippen LogP contribution >= 0.6 is 0 Å². The highest BCUT2D eigenvalue weighted by atomic mass is 16.6. The van der Waals surface area contributed by atoms with Crippen LogP contribution in [0.15, 0.2) is 0 Å². The molecule has 3 aliphatic rings. The second-order valence-electron chi connectivity index (χ2n) is 6.45.